The first kappa shape index (κ1) is 23.8. The van der Waals surface area contributed by atoms with E-state index in [1.807, 2.05) is 0 Å². The predicted molar refractivity (Wildman–Crippen MR) is 133 cm³/mol. The summed E-state index contributed by atoms with van der Waals surface area (Å²) in [4.78, 5) is 11.5. The second-order valence-corrected chi connectivity index (χ2v) is 12.3. The highest BCUT2D eigenvalue weighted by Gasteiger charge is 2.53. The fourth-order valence-corrected chi connectivity index (χ4v) is 7.70. The van der Waals surface area contributed by atoms with E-state index in [2.05, 4.69) is 59.8 Å². The Bertz CT molecular complexity index is 830. The highest BCUT2D eigenvalue weighted by atomic mass is 16.5. The van der Waals surface area contributed by atoms with Crippen molar-refractivity contribution in [2.45, 2.75) is 106 Å². The zero-order valence-electron chi connectivity index (χ0n) is 21.7. The maximum absolute atomic E-state index is 11.5. The lowest BCUT2D eigenvalue weighted by Gasteiger charge is -2.54. The van der Waals surface area contributed by atoms with Gasteiger partial charge in [-0.2, -0.15) is 0 Å². The number of carbonyl (C=O) groups excluding carboxylic acids is 1. The van der Waals surface area contributed by atoms with Gasteiger partial charge in [-0.1, -0.05) is 65.3 Å². The third-order valence-electron chi connectivity index (χ3n) is 10.2. The minimum absolute atomic E-state index is 0.115. The van der Waals surface area contributed by atoms with E-state index in [1.165, 1.54) is 38.5 Å². The Morgan fingerprint density at radius 1 is 1.06 bits per heavy atom. The number of ether oxygens (including phenoxy) is 1. The molecule has 0 aromatic heterocycles. The van der Waals surface area contributed by atoms with Gasteiger partial charge in [-0.3, -0.25) is 4.79 Å². The van der Waals surface area contributed by atoms with Crippen LogP contribution in [0.15, 0.2) is 34.9 Å². The first-order valence-electron chi connectivity index (χ1n) is 13.3. The standard InChI is InChI=1S/C30H46O2/c1-19(2)20(3)8-9-21(4)26-12-13-27-25-11-10-23-18-24(32-22(5)31)14-16-29(23,6)28(25)15-17-30(26,27)7/h8-9,13,19-21,23-24,26H,10-12,14-18H2,1-7H3/b9-8+/t20-,21+,23+,24+,26+,29+,30-/m0/s1. The van der Waals surface area contributed by atoms with Gasteiger partial charge in [0.2, 0.25) is 0 Å². The van der Waals surface area contributed by atoms with Gasteiger partial charge < -0.3 is 4.74 Å². The molecule has 2 heteroatoms. The molecule has 0 aromatic carbocycles. The van der Waals surface area contributed by atoms with Crippen LogP contribution in [0.1, 0.15) is 99.8 Å². The van der Waals surface area contributed by atoms with Gasteiger partial charge in [-0.15, -0.1) is 0 Å². The summed E-state index contributed by atoms with van der Waals surface area (Å²) in [7, 11) is 0. The molecule has 0 N–H and O–H groups in total. The lowest BCUT2D eigenvalue weighted by molar-refractivity contribution is -0.150. The molecule has 0 unspecified atom stereocenters. The molecule has 0 spiro atoms. The van der Waals surface area contributed by atoms with Crippen molar-refractivity contribution in [1.82, 2.24) is 0 Å². The topological polar surface area (TPSA) is 26.3 Å². The summed E-state index contributed by atoms with van der Waals surface area (Å²) in [6, 6.07) is 0. The minimum Gasteiger partial charge on any atom is -0.463 e. The first-order chi connectivity index (χ1) is 15.1. The summed E-state index contributed by atoms with van der Waals surface area (Å²) in [6.07, 6.45) is 17.3. The third kappa shape index (κ3) is 4.05. The van der Waals surface area contributed by atoms with Crippen molar-refractivity contribution >= 4 is 5.97 Å². The van der Waals surface area contributed by atoms with Gasteiger partial charge in [-0.25, -0.2) is 0 Å². The molecule has 4 rings (SSSR count). The highest BCUT2D eigenvalue weighted by Crippen LogP contribution is 2.64. The fourth-order valence-electron chi connectivity index (χ4n) is 7.70. The summed E-state index contributed by atoms with van der Waals surface area (Å²) in [5.41, 5.74) is 5.86. The second-order valence-electron chi connectivity index (χ2n) is 12.3. The van der Waals surface area contributed by atoms with E-state index in [1.54, 1.807) is 23.6 Å². The second kappa shape index (κ2) is 8.80. The lowest BCUT2D eigenvalue weighted by atomic mass is 9.51. The maximum Gasteiger partial charge on any atom is 0.302 e. The number of esters is 1. The Balaban J connectivity index is 1.54. The molecule has 0 bridgehead atoms. The van der Waals surface area contributed by atoms with Crippen molar-refractivity contribution in [1.29, 1.82) is 0 Å². The van der Waals surface area contributed by atoms with E-state index in [9.17, 15) is 4.79 Å². The Kier molecular flexibility index (Phi) is 6.56. The van der Waals surface area contributed by atoms with E-state index >= 15 is 0 Å². The molecule has 178 valence electrons. The molecular weight excluding hydrogens is 392 g/mol. The van der Waals surface area contributed by atoms with E-state index in [4.69, 9.17) is 4.74 Å². The van der Waals surface area contributed by atoms with E-state index in [0.717, 1.165) is 18.8 Å². The van der Waals surface area contributed by atoms with Crippen molar-refractivity contribution in [3.63, 3.8) is 0 Å². The molecule has 32 heavy (non-hydrogen) atoms. The Morgan fingerprint density at radius 2 is 1.81 bits per heavy atom. The summed E-state index contributed by atoms with van der Waals surface area (Å²) >= 11 is 0. The van der Waals surface area contributed by atoms with Gasteiger partial charge in [0.25, 0.3) is 0 Å². The lowest BCUT2D eigenvalue weighted by Crippen LogP contribution is -2.44. The van der Waals surface area contributed by atoms with Gasteiger partial charge >= 0.3 is 5.97 Å². The van der Waals surface area contributed by atoms with E-state index < -0.39 is 0 Å². The van der Waals surface area contributed by atoms with Crippen molar-refractivity contribution in [2.24, 2.45) is 40.4 Å². The van der Waals surface area contributed by atoms with Crippen LogP contribution in [0.4, 0.5) is 0 Å². The number of hydrogen-bond acceptors (Lipinski definition) is 2. The fraction of sp³-hybridized carbons (Fsp3) is 0.767. The largest absolute Gasteiger partial charge is 0.463 e. The van der Waals surface area contributed by atoms with Gasteiger partial charge in [-0.05, 0) is 103 Å². The monoisotopic (exact) mass is 438 g/mol. The van der Waals surface area contributed by atoms with Crippen LogP contribution in [0.5, 0.6) is 0 Å². The molecular formula is C30H46O2. The van der Waals surface area contributed by atoms with Crippen LogP contribution in [0.3, 0.4) is 0 Å². The number of carbonyl (C=O) groups is 1. The molecule has 1 saturated carbocycles. The molecule has 4 aliphatic carbocycles. The molecule has 0 aliphatic heterocycles. The molecule has 0 heterocycles. The normalized spacial score (nSPS) is 38.8. The number of allylic oxidation sites excluding steroid dienone is 6. The molecule has 0 saturated heterocycles. The zero-order valence-corrected chi connectivity index (χ0v) is 21.7. The Hall–Kier alpha value is -1.31. The summed E-state index contributed by atoms with van der Waals surface area (Å²) in [5.74, 6) is 3.27. The van der Waals surface area contributed by atoms with Crippen molar-refractivity contribution in [3.05, 3.63) is 34.9 Å². The number of fused-ring (bicyclic) bond motifs is 4. The van der Waals surface area contributed by atoms with E-state index in [-0.39, 0.29) is 12.1 Å². The smallest absolute Gasteiger partial charge is 0.302 e. The van der Waals surface area contributed by atoms with Crippen molar-refractivity contribution < 1.29 is 9.53 Å². The average molecular weight is 439 g/mol. The van der Waals surface area contributed by atoms with Crippen LogP contribution in [0.25, 0.3) is 0 Å². The Morgan fingerprint density at radius 3 is 2.50 bits per heavy atom. The van der Waals surface area contributed by atoms with Gasteiger partial charge in [0.1, 0.15) is 6.10 Å². The van der Waals surface area contributed by atoms with Crippen molar-refractivity contribution in [2.75, 3.05) is 0 Å². The number of rotatable bonds is 5. The molecule has 0 amide bonds. The van der Waals surface area contributed by atoms with Gasteiger partial charge in [0.05, 0.1) is 0 Å². The van der Waals surface area contributed by atoms with Gasteiger partial charge in [0.15, 0.2) is 0 Å². The molecule has 0 radical (unpaired) electrons. The molecule has 4 aliphatic rings. The average Bonchev–Trinajstić information content (AvgIpc) is 3.08. The summed E-state index contributed by atoms with van der Waals surface area (Å²) < 4.78 is 5.63. The molecule has 1 fully saturated rings. The summed E-state index contributed by atoms with van der Waals surface area (Å²) in [5, 5.41) is 0. The molecule has 2 nitrogen and oxygen atoms in total. The third-order valence-corrected chi connectivity index (χ3v) is 10.2. The quantitative estimate of drug-likeness (QED) is 0.320. The van der Waals surface area contributed by atoms with E-state index in [0.29, 0.717) is 34.5 Å². The predicted octanol–water partition coefficient (Wildman–Crippen LogP) is 8.05. The Labute approximate surface area is 197 Å². The summed E-state index contributed by atoms with van der Waals surface area (Å²) in [6.45, 7) is 16.1. The number of hydrogen-bond donors (Lipinski definition) is 0. The first-order valence-corrected chi connectivity index (χ1v) is 13.3. The highest BCUT2D eigenvalue weighted by molar-refractivity contribution is 5.66. The minimum atomic E-state index is -0.115. The zero-order chi connectivity index (χ0) is 23.3. The maximum atomic E-state index is 11.5. The van der Waals surface area contributed by atoms with Crippen LogP contribution in [0.2, 0.25) is 0 Å². The van der Waals surface area contributed by atoms with Crippen molar-refractivity contribution in [3.8, 4) is 0 Å². The van der Waals surface area contributed by atoms with Crippen LogP contribution < -0.4 is 0 Å². The SMILES string of the molecule is CC(=O)O[C@@H]1CC[C@@]2(C)C3=C(CC[C@@H]2C1)C1=CC[C@H]([C@H](C)/C=C/[C@H](C)C(C)C)[C@]1(C)CC3. The van der Waals surface area contributed by atoms with Crippen LogP contribution >= 0.6 is 0 Å². The van der Waals surface area contributed by atoms with Crippen LogP contribution in [-0.4, -0.2) is 12.1 Å². The molecule has 7 atom stereocenters. The van der Waals surface area contributed by atoms with Crippen LogP contribution in [-0.2, 0) is 9.53 Å². The van der Waals surface area contributed by atoms with Crippen LogP contribution in [0, 0.1) is 40.4 Å². The molecule has 0 aromatic rings. The van der Waals surface area contributed by atoms with Gasteiger partial charge in [0, 0.05) is 6.92 Å².